The fraction of sp³-hybridized carbons (Fsp3) is 0.667. The van der Waals surface area contributed by atoms with E-state index in [4.69, 9.17) is 0 Å². The molecule has 0 radical (unpaired) electrons. The maximum absolute atomic E-state index is 3.32. The van der Waals surface area contributed by atoms with Gasteiger partial charge in [0.2, 0.25) is 0 Å². The second-order valence-electron chi connectivity index (χ2n) is 2.78. The highest BCUT2D eigenvalue weighted by Crippen LogP contribution is 1.96. The largest absolute Gasteiger partial charge is 0.102 e. The lowest BCUT2D eigenvalue weighted by molar-refractivity contribution is 0.737. The molecule has 1 heteroatoms. The van der Waals surface area contributed by atoms with Crippen LogP contribution in [-0.4, -0.2) is 5.33 Å². The van der Waals surface area contributed by atoms with Crippen LogP contribution in [-0.2, 0) is 0 Å². The number of hydrogen-bond donors (Lipinski definition) is 0. The molecule has 0 rings (SSSR count). The summed E-state index contributed by atoms with van der Waals surface area (Å²) in [5, 5.41) is 0.962. The van der Waals surface area contributed by atoms with Gasteiger partial charge in [0.05, 0.1) is 6.42 Å². The Morgan fingerprint density at radius 3 is 2.23 bits per heavy atom. The van der Waals surface area contributed by atoms with Crippen LogP contribution in [0.15, 0.2) is 0 Å². The Balaban J connectivity index is 3.26. The van der Waals surface area contributed by atoms with Gasteiger partial charge in [0.1, 0.15) is 0 Å². The Bertz CT molecular complexity index is 209. The molecule has 0 aliphatic rings. The molecule has 0 aromatic rings. The summed E-state index contributed by atoms with van der Waals surface area (Å²) in [7, 11) is 0. The lowest BCUT2D eigenvalue weighted by Gasteiger charge is -1.87. The average Bonchev–Trinajstić information content (AvgIpc) is 2.16. The molecular formula is C12H17Br. The number of alkyl halides is 1. The first-order valence-electron chi connectivity index (χ1n) is 4.89. The average molecular weight is 241 g/mol. The van der Waals surface area contributed by atoms with E-state index in [9.17, 15) is 0 Å². The van der Waals surface area contributed by atoms with Gasteiger partial charge in [-0.2, -0.15) is 0 Å². The molecule has 0 aliphatic heterocycles. The molecule has 0 nitrogen and oxygen atoms in total. The minimum atomic E-state index is 0.735. The van der Waals surface area contributed by atoms with Crippen LogP contribution in [0, 0.1) is 23.7 Å². The lowest BCUT2D eigenvalue weighted by Crippen LogP contribution is -1.71. The third kappa shape index (κ3) is 11.6. The monoisotopic (exact) mass is 240 g/mol. The minimum absolute atomic E-state index is 0.735. The fourth-order valence-corrected chi connectivity index (χ4v) is 1.05. The highest BCUT2D eigenvalue weighted by molar-refractivity contribution is 9.09. The third-order valence-electron chi connectivity index (χ3n) is 1.55. The molecule has 0 bridgehead atoms. The summed E-state index contributed by atoms with van der Waals surface area (Å²) in [6.07, 6.45) is 6.50. The molecule has 0 aromatic heterocycles. The fourth-order valence-electron chi connectivity index (χ4n) is 0.857. The Hall–Kier alpha value is -0.400. The van der Waals surface area contributed by atoms with Crippen molar-refractivity contribution < 1.29 is 0 Å². The van der Waals surface area contributed by atoms with Crippen molar-refractivity contribution in [1.29, 1.82) is 0 Å². The molecule has 0 amide bonds. The van der Waals surface area contributed by atoms with Crippen molar-refractivity contribution in [1.82, 2.24) is 0 Å². The van der Waals surface area contributed by atoms with Gasteiger partial charge in [0.15, 0.2) is 0 Å². The number of unbranched alkanes of at least 4 members (excludes halogenated alkanes) is 3. The molecule has 0 N–H and O–H groups in total. The van der Waals surface area contributed by atoms with Crippen LogP contribution >= 0.6 is 15.9 Å². The smallest absolute Gasteiger partial charge is 0.0702 e. The van der Waals surface area contributed by atoms with Gasteiger partial charge in [0, 0.05) is 18.2 Å². The van der Waals surface area contributed by atoms with Crippen molar-refractivity contribution in [2.75, 3.05) is 5.33 Å². The zero-order chi connectivity index (χ0) is 9.78. The van der Waals surface area contributed by atoms with E-state index in [1.54, 1.807) is 0 Å². The van der Waals surface area contributed by atoms with Crippen molar-refractivity contribution in [3.05, 3.63) is 0 Å². The Morgan fingerprint density at radius 1 is 0.923 bits per heavy atom. The molecule has 0 spiro atoms. The predicted molar refractivity (Wildman–Crippen MR) is 62.7 cm³/mol. The predicted octanol–water partition coefficient (Wildman–Crippen LogP) is 3.75. The standard InChI is InChI=1S/C12H17Br/c1-2-3-4-5-6-7-8-9-10-11-12-13/h2-5,8,11-12H2,1H3. The molecule has 0 aromatic carbocycles. The van der Waals surface area contributed by atoms with Gasteiger partial charge in [-0.25, -0.2) is 0 Å². The maximum Gasteiger partial charge on any atom is 0.0702 e. The van der Waals surface area contributed by atoms with E-state index >= 15 is 0 Å². The normalized spacial score (nSPS) is 8.15. The minimum Gasteiger partial charge on any atom is -0.102 e. The van der Waals surface area contributed by atoms with E-state index in [0.29, 0.717) is 0 Å². The first kappa shape index (κ1) is 12.6. The van der Waals surface area contributed by atoms with Crippen molar-refractivity contribution >= 4 is 15.9 Å². The van der Waals surface area contributed by atoms with Crippen LogP contribution < -0.4 is 0 Å². The summed E-state index contributed by atoms with van der Waals surface area (Å²) in [5.74, 6) is 12.3. The van der Waals surface area contributed by atoms with Crippen molar-refractivity contribution in [2.24, 2.45) is 0 Å². The van der Waals surface area contributed by atoms with E-state index in [1.165, 1.54) is 19.3 Å². The number of hydrogen-bond acceptors (Lipinski definition) is 0. The van der Waals surface area contributed by atoms with Crippen LogP contribution in [0.25, 0.3) is 0 Å². The second kappa shape index (κ2) is 11.6. The summed E-state index contributed by atoms with van der Waals surface area (Å²) in [5.41, 5.74) is 0. The van der Waals surface area contributed by atoms with E-state index < -0.39 is 0 Å². The van der Waals surface area contributed by atoms with Crippen molar-refractivity contribution in [3.63, 3.8) is 0 Å². The summed E-state index contributed by atoms with van der Waals surface area (Å²) in [4.78, 5) is 0. The maximum atomic E-state index is 3.32. The highest BCUT2D eigenvalue weighted by atomic mass is 79.9. The lowest BCUT2D eigenvalue weighted by atomic mass is 10.2. The number of rotatable bonds is 4. The first-order valence-corrected chi connectivity index (χ1v) is 6.01. The molecule has 0 aliphatic carbocycles. The van der Waals surface area contributed by atoms with Gasteiger partial charge in [-0.1, -0.05) is 47.5 Å². The van der Waals surface area contributed by atoms with Crippen LogP contribution in [0.1, 0.15) is 45.4 Å². The van der Waals surface area contributed by atoms with Crippen molar-refractivity contribution in [3.8, 4) is 23.7 Å². The van der Waals surface area contributed by atoms with Crippen LogP contribution in [0.4, 0.5) is 0 Å². The second-order valence-corrected chi connectivity index (χ2v) is 3.57. The van der Waals surface area contributed by atoms with E-state index in [0.717, 1.165) is 24.6 Å². The van der Waals surface area contributed by atoms with E-state index in [1.807, 2.05) is 0 Å². The quantitative estimate of drug-likeness (QED) is 0.399. The Morgan fingerprint density at radius 2 is 1.62 bits per heavy atom. The SMILES string of the molecule is CCCCCC#CCC#CCCBr. The molecule has 72 valence electrons. The summed E-state index contributed by atoms with van der Waals surface area (Å²) >= 11 is 3.32. The van der Waals surface area contributed by atoms with Crippen LogP contribution in [0.3, 0.4) is 0 Å². The van der Waals surface area contributed by atoms with Gasteiger partial charge in [-0.15, -0.1) is 11.8 Å². The van der Waals surface area contributed by atoms with Gasteiger partial charge in [-0.3, -0.25) is 0 Å². The van der Waals surface area contributed by atoms with Gasteiger partial charge >= 0.3 is 0 Å². The molecule has 0 atom stereocenters. The molecule has 0 saturated carbocycles. The zero-order valence-electron chi connectivity index (χ0n) is 8.33. The van der Waals surface area contributed by atoms with Gasteiger partial charge in [-0.05, 0) is 6.42 Å². The molecule has 0 saturated heterocycles. The summed E-state index contributed by atoms with van der Waals surface area (Å²) < 4.78 is 0. The Labute approximate surface area is 90.6 Å². The molecular weight excluding hydrogens is 224 g/mol. The van der Waals surface area contributed by atoms with Crippen LogP contribution in [0.2, 0.25) is 0 Å². The summed E-state index contributed by atoms with van der Waals surface area (Å²) in [6.45, 7) is 2.21. The molecule has 13 heavy (non-hydrogen) atoms. The first-order chi connectivity index (χ1) is 6.41. The molecule has 0 heterocycles. The van der Waals surface area contributed by atoms with Gasteiger partial charge in [0.25, 0.3) is 0 Å². The summed E-state index contributed by atoms with van der Waals surface area (Å²) in [6, 6.07) is 0. The topological polar surface area (TPSA) is 0 Å². The van der Waals surface area contributed by atoms with E-state index in [2.05, 4.69) is 46.5 Å². The van der Waals surface area contributed by atoms with Crippen LogP contribution in [0.5, 0.6) is 0 Å². The van der Waals surface area contributed by atoms with E-state index in [-0.39, 0.29) is 0 Å². The highest BCUT2D eigenvalue weighted by Gasteiger charge is 1.79. The third-order valence-corrected chi connectivity index (χ3v) is 1.95. The number of halogens is 1. The van der Waals surface area contributed by atoms with Crippen molar-refractivity contribution in [2.45, 2.75) is 45.4 Å². The Kier molecular flexibility index (Phi) is 11.2. The molecule has 0 unspecified atom stereocenters. The van der Waals surface area contributed by atoms with Gasteiger partial charge < -0.3 is 0 Å². The zero-order valence-corrected chi connectivity index (χ0v) is 9.91. The molecule has 0 fully saturated rings.